The van der Waals surface area contributed by atoms with Gasteiger partial charge in [-0.15, -0.1) is 0 Å². The lowest BCUT2D eigenvalue weighted by Crippen LogP contribution is -2.41. The number of carbonyl (C=O) groups excluding carboxylic acids is 2. The molecule has 0 bridgehead atoms. The Morgan fingerprint density at radius 1 is 1.27 bits per heavy atom. The zero-order valence-corrected chi connectivity index (χ0v) is 23.1. The molecule has 3 aliphatic rings. The number of carbonyl (C=O) groups is 2. The number of rotatable bonds is 7. The van der Waals surface area contributed by atoms with Crippen LogP contribution < -0.4 is 10.5 Å². The smallest absolute Gasteiger partial charge is 0.309 e. The van der Waals surface area contributed by atoms with E-state index in [2.05, 4.69) is 11.0 Å². The van der Waals surface area contributed by atoms with Crippen molar-refractivity contribution in [3.05, 3.63) is 31.9 Å². The molecule has 4 rings (SSSR count). The molecule has 1 aromatic heterocycles. The molecule has 1 amide bonds. The van der Waals surface area contributed by atoms with Crippen molar-refractivity contribution in [3.63, 3.8) is 0 Å². The summed E-state index contributed by atoms with van der Waals surface area (Å²) >= 11 is 6.75. The summed E-state index contributed by atoms with van der Waals surface area (Å²) in [6.45, 7) is 8.32. The number of thioether (sulfide) groups is 1. The fourth-order valence-electron chi connectivity index (χ4n) is 5.15. The lowest BCUT2D eigenvalue weighted by atomic mass is 9.95. The van der Waals surface area contributed by atoms with Crippen molar-refractivity contribution >= 4 is 52.1 Å². The van der Waals surface area contributed by atoms with Crippen LogP contribution in [0.15, 0.2) is 9.70 Å². The minimum absolute atomic E-state index is 0.0213. The van der Waals surface area contributed by atoms with Gasteiger partial charge in [-0.05, 0) is 58.1 Å². The molecule has 0 aromatic carbocycles. The predicted molar refractivity (Wildman–Crippen MR) is 146 cm³/mol. The Morgan fingerprint density at radius 3 is 2.59 bits per heavy atom. The van der Waals surface area contributed by atoms with Crippen LogP contribution in [-0.4, -0.2) is 64.6 Å². The number of anilines is 1. The molecular formula is C26H32N4O5S2. The molecule has 1 aromatic rings. The number of nitrogens with zero attached hydrogens (tertiary/aromatic N) is 4. The first kappa shape index (κ1) is 27.4. The summed E-state index contributed by atoms with van der Waals surface area (Å²) in [4.78, 5) is 43.0. The van der Waals surface area contributed by atoms with E-state index in [1.165, 1.54) is 11.8 Å². The first-order valence-electron chi connectivity index (χ1n) is 12.8. The average Bonchev–Trinajstić information content (AvgIpc) is 3.50. The van der Waals surface area contributed by atoms with Crippen molar-refractivity contribution in [1.82, 2.24) is 9.47 Å². The third-order valence-corrected chi connectivity index (χ3v) is 8.51. The van der Waals surface area contributed by atoms with Gasteiger partial charge in [0.15, 0.2) is 0 Å². The van der Waals surface area contributed by atoms with E-state index in [9.17, 15) is 19.6 Å². The molecule has 1 atom stereocenters. The fraction of sp³-hybridized carbons (Fsp3) is 0.577. The van der Waals surface area contributed by atoms with E-state index in [4.69, 9.17) is 21.7 Å². The highest BCUT2D eigenvalue weighted by Crippen LogP contribution is 2.37. The molecule has 0 saturated carbocycles. The molecule has 11 heteroatoms. The molecule has 1 unspecified atom stereocenters. The van der Waals surface area contributed by atoms with E-state index in [1.807, 2.05) is 6.92 Å². The van der Waals surface area contributed by atoms with Crippen LogP contribution >= 0.6 is 24.0 Å². The van der Waals surface area contributed by atoms with Crippen molar-refractivity contribution in [2.45, 2.75) is 59.1 Å². The Bertz CT molecular complexity index is 1220. The number of amides is 1. The van der Waals surface area contributed by atoms with E-state index in [-0.39, 0.29) is 35.0 Å². The standard InChI is InChI=1S/C26H32N4O5S2/c1-4-29-22(28-10-8-17(9-11-28)25(33)34-5-2)19(16(3)20(14-27)23(29)31)13-21-24(32)30(26(36)37-21)15-18-7-6-12-35-18/h13,17-18H,4-12,15H2,1-3H3/b21-13+. The van der Waals surface area contributed by atoms with Gasteiger partial charge in [-0.2, -0.15) is 5.26 Å². The Kier molecular flexibility index (Phi) is 8.72. The van der Waals surface area contributed by atoms with Crippen LogP contribution in [0.2, 0.25) is 0 Å². The van der Waals surface area contributed by atoms with Crippen LogP contribution in [0.3, 0.4) is 0 Å². The van der Waals surface area contributed by atoms with Crippen LogP contribution in [0, 0.1) is 24.2 Å². The Morgan fingerprint density at radius 2 is 2.00 bits per heavy atom. The lowest BCUT2D eigenvalue weighted by molar-refractivity contribution is -0.148. The first-order chi connectivity index (χ1) is 17.8. The number of thiocarbonyl (C=S) groups is 1. The highest BCUT2D eigenvalue weighted by molar-refractivity contribution is 8.26. The van der Waals surface area contributed by atoms with Gasteiger partial charge in [-0.1, -0.05) is 24.0 Å². The highest BCUT2D eigenvalue weighted by Gasteiger charge is 2.36. The zero-order valence-electron chi connectivity index (χ0n) is 21.4. The van der Waals surface area contributed by atoms with Gasteiger partial charge in [-0.3, -0.25) is 23.9 Å². The molecule has 0 aliphatic carbocycles. The summed E-state index contributed by atoms with van der Waals surface area (Å²) in [7, 11) is 0. The summed E-state index contributed by atoms with van der Waals surface area (Å²) in [6, 6.07) is 2.06. The predicted octanol–water partition coefficient (Wildman–Crippen LogP) is 3.21. The summed E-state index contributed by atoms with van der Waals surface area (Å²) in [6.07, 6.45) is 4.81. The van der Waals surface area contributed by atoms with Gasteiger partial charge < -0.3 is 14.4 Å². The zero-order chi connectivity index (χ0) is 26.7. The maximum Gasteiger partial charge on any atom is 0.309 e. The Hall–Kier alpha value is -2.68. The summed E-state index contributed by atoms with van der Waals surface area (Å²) in [5.41, 5.74) is 0.899. The number of aromatic nitrogens is 1. The lowest BCUT2D eigenvalue weighted by Gasteiger charge is -2.35. The van der Waals surface area contributed by atoms with E-state index in [0.29, 0.717) is 78.4 Å². The van der Waals surface area contributed by atoms with E-state index < -0.39 is 0 Å². The summed E-state index contributed by atoms with van der Waals surface area (Å²) < 4.78 is 13.0. The van der Waals surface area contributed by atoms with Crippen LogP contribution in [0.5, 0.6) is 0 Å². The molecule has 0 radical (unpaired) electrons. The molecule has 4 heterocycles. The molecule has 37 heavy (non-hydrogen) atoms. The molecule has 3 aliphatic heterocycles. The second-order valence-corrected chi connectivity index (χ2v) is 11.0. The van der Waals surface area contributed by atoms with Crippen LogP contribution in [0.25, 0.3) is 6.08 Å². The van der Waals surface area contributed by atoms with Crippen molar-refractivity contribution in [3.8, 4) is 6.07 Å². The molecule has 198 valence electrons. The van der Waals surface area contributed by atoms with Gasteiger partial charge in [0, 0.05) is 31.8 Å². The third-order valence-electron chi connectivity index (χ3n) is 7.14. The number of hydrogen-bond donors (Lipinski definition) is 0. The molecule has 3 fully saturated rings. The van der Waals surface area contributed by atoms with Gasteiger partial charge in [-0.25, -0.2) is 0 Å². The van der Waals surface area contributed by atoms with Crippen molar-refractivity contribution in [2.75, 3.05) is 37.7 Å². The largest absolute Gasteiger partial charge is 0.466 e. The normalized spacial score (nSPS) is 21.7. The number of nitriles is 1. The number of esters is 1. The van der Waals surface area contributed by atoms with E-state index >= 15 is 0 Å². The van der Waals surface area contributed by atoms with Gasteiger partial charge >= 0.3 is 5.97 Å². The van der Waals surface area contributed by atoms with E-state index in [0.717, 1.165) is 12.8 Å². The van der Waals surface area contributed by atoms with Crippen LogP contribution in [0.1, 0.15) is 56.2 Å². The van der Waals surface area contributed by atoms with E-state index in [1.54, 1.807) is 29.4 Å². The minimum Gasteiger partial charge on any atom is -0.466 e. The summed E-state index contributed by atoms with van der Waals surface area (Å²) in [5, 5.41) is 9.78. The number of ether oxygens (including phenoxy) is 2. The van der Waals surface area contributed by atoms with Gasteiger partial charge in [0.1, 0.15) is 21.8 Å². The maximum atomic E-state index is 13.4. The molecule has 3 saturated heterocycles. The summed E-state index contributed by atoms with van der Waals surface area (Å²) in [5.74, 6) is 0.0940. The number of hydrogen-bond acceptors (Lipinski definition) is 9. The average molecular weight is 545 g/mol. The van der Waals surface area contributed by atoms with Crippen molar-refractivity contribution in [2.24, 2.45) is 5.92 Å². The van der Waals surface area contributed by atoms with Crippen LogP contribution in [0.4, 0.5) is 5.82 Å². The second kappa shape index (κ2) is 11.8. The maximum absolute atomic E-state index is 13.4. The van der Waals surface area contributed by atoms with Gasteiger partial charge in [0.2, 0.25) is 0 Å². The first-order valence-corrected chi connectivity index (χ1v) is 14.0. The Balaban J connectivity index is 1.72. The Labute approximate surface area is 226 Å². The third kappa shape index (κ3) is 5.47. The molecular weight excluding hydrogens is 512 g/mol. The van der Waals surface area contributed by atoms with Gasteiger partial charge in [0.25, 0.3) is 11.5 Å². The quantitative estimate of drug-likeness (QED) is 0.291. The monoisotopic (exact) mass is 544 g/mol. The molecule has 0 spiro atoms. The van der Waals surface area contributed by atoms with Crippen LogP contribution in [-0.2, 0) is 25.6 Å². The SMILES string of the molecule is CCOC(=O)C1CCN(c2c(/C=C3/SC(=S)N(CC4CCCO4)C3=O)c(C)c(C#N)c(=O)n2CC)CC1. The molecule has 9 nitrogen and oxygen atoms in total. The highest BCUT2D eigenvalue weighted by atomic mass is 32.2. The number of pyridine rings is 1. The second-order valence-electron chi connectivity index (χ2n) is 9.34. The topological polar surface area (TPSA) is 105 Å². The van der Waals surface area contributed by atoms with Gasteiger partial charge in [0.05, 0.1) is 30.1 Å². The van der Waals surface area contributed by atoms with Crippen molar-refractivity contribution in [1.29, 1.82) is 5.26 Å². The fourth-order valence-corrected chi connectivity index (χ4v) is 6.40. The number of piperidine rings is 1. The minimum atomic E-state index is -0.354. The molecule has 0 N–H and O–H groups in total. The van der Waals surface area contributed by atoms with Crippen molar-refractivity contribution < 1.29 is 19.1 Å².